The van der Waals surface area contributed by atoms with Crippen LogP contribution < -0.4 is 10.6 Å². The number of anilines is 1. The molecular formula is C24H31ClN6O3S. The van der Waals surface area contributed by atoms with Gasteiger partial charge in [0.25, 0.3) is 11.8 Å². The average molecular weight is 519 g/mol. The number of nitrogens with one attached hydrogen (secondary N) is 2. The molecule has 3 amide bonds. The number of benzene rings is 1. The molecule has 2 N–H and O–H groups in total. The summed E-state index contributed by atoms with van der Waals surface area (Å²) in [4.78, 5) is 41.7. The number of likely N-dealkylation sites (tertiary alicyclic amines) is 2. The molecule has 2 aromatic rings. The van der Waals surface area contributed by atoms with Gasteiger partial charge in [0.15, 0.2) is 0 Å². The Kier molecular flexibility index (Phi) is 9.06. The zero-order valence-corrected chi connectivity index (χ0v) is 21.2. The molecule has 0 bridgehead atoms. The molecule has 35 heavy (non-hydrogen) atoms. The molecule has 2 fully saturated rings. The standard InChI is InChI=1S/C24H31ClN6O3S/c25-18-4-6-19(7-5-18)27-21(33)22-28-29-23(35-22)24(34)31-14-8-17(9-15-31)16-20(32)26-10-3-13-30-11-1-2-12-30/h4-7,17H,1-3,8-16H2,(H,26,32)(H,27,33). The van der Waals surface area contributed by atoms with Gasteiger partial charge in [-0.25, -0.2) is 0 Å². The minimum atomic E-state index is -0.422. The van der Waals surface area contributed by atoms with E-state index in [1.807, 2.05) is 0 Å². The van der Waals surface area contributed by atoms with Crippen LogP contribution in [0.2, 0.25) is 5.02 Å². The van der Waals surface area contributed by atoms with E-state index in [1.165, 1.54) is 25.9 Å². The lowest BCUT2D eigenvalue weighted by molar-refractivity contribution is -0.122. The summed E-state index contributed by atoms with van der Waals surface area (Å²) in [5.41, 5.74) is 0.583. The Morgan fingerprint density at radius 2 is 1.69 bits per heavy atom. The fourth-order valence-corrected chi connectivity index (χ4v) is 5.30. The van der Waals surface area contributed by atoms with Gasteiger partial charge < -0.3 is 20.4 Å². The third-order valence-corrected chi connectivity index (χ3v) is 7.61. The molecule has 188 valence electrons. The fourth-order valence-electron chi connectivity index (χ4n) is 4.47. The van der Waals surface area contributed by atoms with Crippen molar-refractivity contribution in [2.24, 2.45) is 5.92 Å². The van der Waals surface area contributed by atoms with Crippen LogP contribution in [0.4, 0.5) is 5.69 Å². The van der Waals surface area contributed by atoms with E-state index in [9.17, 15) is 14.4 Å². The van der Waals surface area contributed by atoms with E-state index >= 15 is 0 Å². The molecule has 0 saturated carbocycles. The van der Waals surface area contributed by atoms with Gasteiger partial charge in [0.1, 0.15) is 0 Å². The monoisotopic (exact) mass is 518 g/mol. The fraction of sp³-hybridized carbons (Fsp3) is 0.542. The normalized spacial score (nSPS) is 16.9. The van der Waals surface area contributed by atoms with Crippen molar-refractivity contribution in [1.29, 1.82) is 0 Å². The van der Waals surface area contributed by atoms with Crippen LogP contribution in [-0.4, -0.2) is 77.0 Å². The average Bonchev–Trinajstić information content (AvgIpc) is 3.56. The highest BCUT2D eigenvalue weighted by atomic mass is 35.5. The van der Waals surface area contributed by atoms with E-state index in [0.717, 1.165) is 43.7 Å². The Bertz CT molecular complexity index is 1020. The molecule has 1 aromatic carbocycles. The number of piperidine rings is 1. The lowest BCUT2D eigenvalue weighted by Crippen LogP contribution is -2.39. The molecule has 9 nitrogen and oxygen atoms in total. The Balaban J connectivity index is 1.17. The van der Waals surface area contributed by atoms with Crippen molar-refractivity contribution in [3.05, 3.63) is 39.3 Å². The van der Waals surface area contributed by atoms with Crippen molar-refractivity contribution in [1.82, 2.24) is 25.3 Å². The lowest BCUT2D eigenvalue weighted by Gasteiger charge is -2.31. The van der Waals surface area contributed by atoms with Crippen molar-refractivity contribution >= 4 is 46.3 Å². The first-order valence-electron chi connectivity index (χ1n) is 12.2. The quantitative estimate of drug-likeness (QED) is 0.493. The summed E-state index contributed by atoms with van der Waals surface area (Å²) in [6, 6.07) is 6.73. The predicted octanol–water partition coefficient (Wildman–Crippen LogP) is 3.29. The molecule has 0 aliphatic carbocycles. The molecule has 11 heteroatoms. The van der Waals surface area contributed by atoms with Gasteiger partial charge in [0, 0.05) is 36.8 Å². The highest BCUT2D eigenvalue weighted by Gasteiger charge is 2.28. The number of hydrogen-bond acceptors (Lipinski definition) is 7. The van der Waals surface area contributed by atoms with E-state index in [2.05, 4.69) is 25.7 Å². The van der Waals surface area contributed by atoms with Crippen molar-refractivity contribution < 1.29 is 14.4 Å². The Morgan fingerprint density at radius 1 is 1.00 bits per heavy atom. The van der Waals surface area contributed by atoms with Crippen LogP contribution in [0.5, 0.6) is 0 Å². The molecule has 2 saturated heterocycles. The minimum Gasteiger partial charge on any atom is -0.356 e. The van der Waals surface area contributed by atoms with Gasteiger partial charge in [-0.3, -0.25) is 14.4 Å². The highest BCUT2D eigenvalue weighted by molar-refractivity contribution is 7.15. The van der Waals surface area contributed by atoms with Gasteiger partial charge in [-0.2, -0.15) is 0 Å². The predicted molar refractivity (Wildman–Crippen MR) is 136 cm³/mol. The van der Waals surface area contributed by atoms with E-state index in [1.54, 1.807) is 29.2 Å². The molecule has 2 aliphatic rings. The first-order chi connectivity index (χ1) is 17.0. The van der Waals surface area contributed by atoms with Gasteiger partial charge in [-0.1, -0.05) is 22.9 Å². The van der Waals surface area contributed by atoms with Crippen LogP contribution in [0.3, 0.4) is 0 Å². The molecule has 4 rings (SSSR count). The molecule has 1 aromatic heterocycles. The molecule has 2 aliphatic heterocycles. The molecule has 0 atom stereocenters. The third-order valence-electron chi connectivity index (χ3n) is 6.45. The first-order valence-corrected chi connectivity index (χ1v) is 13.4. The Morgan fingerprint density at radius 3 is 2.40 bits per heavy atom. The second-order valence-electron chi connectivity index (χ2n) is 9.07. The van der Waals surface area contributed by atoms with Crippen molar-refractivity contribution in [3.8, 4) is 0 Å². The SMILES string of the molecule is O=C(CC1CCN(C(=O)c2nnc(C(=O)Nc3ccc(Cl)cc3)s2)CC1)NCCCN1CCCC1. The summed E-state index contributed by atoms with van der Waals surface area (Å²) in [7, 11) is 0. The van der Waals surface area contributed by atoms with Crippen molar-refractivity contribution in [3.63, 3.8) is 0 Å². The zero-order chi connectivity index (χ0) is 24.6. The zero-order valence-electron chi connectivity index (χ0n) is 19.7. The number of rotatable bonds is 9. The Labute approximate surface area is 214 Å². The summed E-state index contributed by atoms with van der Waals surface area (Å²) < 4.78 is 0. The van der Waals surface area contributed by atoms with Gasteiger partial charge in [-0.15, -0.1) is 10.2 Å². The van der Waals surface area contributed by atoms with Crippen LogP contribution >= 0.6 is 22.9 Å². The number of nitrogens with zero attached hydrogens (tertiary/aromatic N) is 4. The summed E-state index contributed by atoms with van der Waals surface area (Å²) in [5, 5.41) is 14.5. The van der Waals surface area contributed by atoms with Crippen LogP contribution in [0.15, 0.2) is 24.3 Å². The maximum absolute atomic E-state index is 12.8. The molecule has 0 spiro atoms. The summed E-state index contributed by atoms with van der Waals surface area (Å²) in [6.45, 7) is 5.27. The second-order valence-corrected chi connectivity index (χ2v) is 10.5. The number of amides is 3. The van der Waals surface area contributed by atoms with Crippen LogP contribution in [0, 0.1) is 5.92 Å². The Hall–Kier alpha value is -2.56. The smallest absolute Gasteiger partial charge is 0.286 e. The van der Waals surface area contributed by atoms with Crippen molar-refractivity contribution in [2.75, 3.05) is 44.6 Å². The van der Waals surface area contributed by atoms with Crippen LogP contribution in [0.25, 0.3) is 0 Å². The van der Waals surface area contributed by atoms with Crippen molar-refractivity contribution in [2.45, 2.75) is 38.5 Å². The molecule has 0 radical (unpaired) electrons. The van der Waals surface area contributed by atoms with Crippen LogP contribution in [-0.2, 0) is 4.79 Å². The van der Waals surface area contributed by atoms with Crippen LogP contribution in [0.1, 0.15) is 58.1 Å². The minimum absolute atomic E-state index is 0.0941. The second kappa shape index (κ2) is 12.4. The highest BCUT2D eigenvalue weighted by Crippen LogP contribution is 2.23. The molecular weight excluding hydrogens is 488 g/mol. The summed E-state index contributed by atoms with van der Waals surface area (Å²) in [5.74, 6) is -0.281. The van der Waals surface area contributed by atoms with Gasteiger partial charge in [0.2, 0.25) is 15.9 Å². The number of hydrogen-bond donors (Lipinski definition) is 2. The van der Waals surface area contributed by atoms with E-state index in [-0.39, 0.29) is 27.7 Å². The number of carbonyl (C=O) groups excluding carboxylic acids is 3. The maximum atomic E-state index is 12.8. The maximum Gasteiger partial charge on any atom is 0.286 e. The first kappa shape index (κ1) is 25.5. The summed E-state index contributed by atoms with van der Waals surface area (Å²) >= 11 is 6.84. The molecule has 0 unspecified atom stereocenters. The van der Waals surface area contributed by atoms with E-state index in [4.69, 9.17) is 11.6 Å². The number of carbonyl (C=O) groups is 3. The molecule has 3 heterocycles. The largest absolute Gasteiger partial charge is 0.356 e. The van der Waals surface area contributed by atoms with E-state index in [0.29, 0.717) is 30.2 Å². The summed E-state index contributed by atoms with van der Waals surface area (Å²) in [6.07, 6.45) is 5.60. The number of aromatic nitrogens is 2. The van der Waals surface area contributed by atoms with E-state index < -0.39 is 5.91 Å². The topological polar surface area (TPSA) is 108 Å². The number of halogens is 1. The van der Waals surface area contributed by atoms with Gasteiger partial charge >= 0.3 is 0 Å². The lowest BCUT2D eigenvalue weighted by atomic mass is 9.93. The van der Waals surface area contributed by atoms with Gasteiger partial charge in [-0.05, 0) is 81.9 Å². The third kappa shape index (κ3) is 7.46. The van der Waals surface area contributed by atoms with Gasteiger partial charge in [0.05, 0.1) is 0 Å².